The number of Topliss-reactive ketones (excluding diaryl/α,β-unsaturated/α-hetero) is 1. The number of aliphatic hydroxyl groups is 1. The number of likely N-dealkylation sites (tertiary alicyclic amines) is 1. The van der Waals surface area contributed by atoms with Crippen LogP contribution in [0.1, 0.15) is 74.6 Å². The summed E-state index contributed by atoms with van der Waals surface area (Å²) < 4.78 is 5.49. The third-order valence-electron chi connectivity index (χ3n) is 7.30. The van der Waals surface area contributed by atoms with Gasteiger partial charge in [0.25, 0.3) is 11.7 Å². The van der Waals surface area contributed by atoms with E-state index >= 15 is 0 Å². The molecule has 1 saturated carbocycles. The lowest BCUT2D eigenvalue weighted by atomic mass is 9.90. The SMILES string of the molecule is COc1ccc(/C(O)=C2/C(=O)C(=O)N(C3CCCCC3)C2c2ccc(N(C)C)cc2)cc1C(C)C. The van der Waals surface area contributed by atoms with E-state index in [2.05, 4.69) is 13.8 Å². The van der Waals surface area contributed by atoms with Gasteiger partial charge in [0.05, 0.1) is 18.7 Å². The highest BCUT2D eigenvalue weighted by Gasteiger charge is 2.48. The van der Waals surface area contributed by atoms with Crippen LogP contribution in [0.3, 0.4) is 0 Å². The van der Waals surface area contributed by atoms with Crippen molar-refractivity contribution >= 4 is 23.1 Å². The van der Waals surface area contributed by atoms with E-state index in [1.54, 1.807) is 18.1 Å². The molecule has 6 heteroatoms. The molecule has 2 aromatic carbocycles. The zero-order chi connectivity index (χ0) is 25.3. The number of anilines is 1. The molecule has 0 radical (unpaired) electrons. The van der Waals surface area contributed by atoms with Crippen LogP contribution in [0.15, 0.2) is 48.0 Å². The highest BCUT2D eigenvalue weighted by atomic mass is 16.5. The van der Waals surface area contributed by atoms with Gasteiger partial charge in [0, 0.05) is 31.4 Å². The predicted molar refractivity (Wildman–Crippen MR) is 139 cm³/mol. The number of aliphatic hydroxyl groups excluding tert-OH is 1. The second kappa shape index (κ2) is 10.1. The molecule has 1 heterocycles. The lowest BCUT2D eigenvalue weighted by molar-refractivity contribution is -0.141. The first-order chi connectivity index (χ1) is 16.7. The van der Waals surface area contributed by atoms with Crippen LogP contribution in [0, 0.1) is 0 Å². The van der Waals surface area contributed by atoms with Crippen molar-refractivity contribution in [3.63, 3.8) is 0 Å². The van der Waals surface area contributed by atoms with Crippen molar-refractivity contribution in [2.24, 2.45) is 0 Å². The number of ether oxygens (including phenoxy) is 1. The predicted octanol–water partition coefficient (Wildman–Crippen LogP) is 5.64. The van der Waals surface area contributed by atoms with Crippen LogP contribution in [0.4, 0.5) is 5.69 Å². The summed E-state index contributed by atoms with van der Waals surface area (Å²) >= 11 is 0. The van der Waals surface area contributed by atoms with Gasteiger partial charge in [-0.05, 0) is 60.2 Å². The van der Waals surface area contributed by atoms with Crippen molar-refractivity contribution in [3.05, 3.63) is 64.7 Å². The van der Waals surface area contributed by atoms with E-state index in [0.717, 1.165) is 54.7 Å². The molecular weight excluding hydrogens is 440 g/mol. The van der Waals surface area contributed by atoms with Gasteiger partial charge in [-0.3, -0.25) is 9.59 Å². The zero-order valence-electron chi connectivity index (χ0n) is 21.4. The Bertz CT molecular complexity index is 1130. The molecule has 1 aliphatic carbocycles. The average molecular weight is 477 g/mol. The van der Waals surface area contributed by atoms with Crippen LogP contribution in [0.2, 0.25) is 0 Å². The number of methoxy groups -OCH3 is 1. The van der Waals surface area contributed by atoms with Crippen LogP contribution in [-0.4, -0.2) is 48.9 Å². The molecule has 2 fully saturated rings. The number of carbonyl (C=O) groups excluding carboxylic acids is 2. The summed E-state index contributed by atoms with van der Waals surface area (Å²) in [4.78, 5) is 30.6. The summed E-state index contributed by atoms with van der Waals surface area (Å²) in [7, 11) is 5.56. The fraction of sp³-hybridized carbons (Fsp3) is 0.448. The van der Waals surface area contributed by atoms with E-state index in [4.69, 9.17) is 4.74 Å². The monoisotopic (exact) mass is 476 g/mol. The minimum Gasteiger partial charge on any atom is -0.507 e. The lowest BCUT2D eigenvalue weighted by Gasteiger charge is -2.35. The summed E-state index contributed by atoms with van der Waals surface area (Å²) in [5, 5.41) is 11.5. The Morgan fingerprint density at radius 3 is 2.26 bits per heavy atom. The molecule has 1 atom stereocenters. The van der Waals surface area contributed by atoms with Crippen molar-refractivity contribution < 1.29 is 19.4 Å². The highest BCUT2D eigenvalue weighted by molar-refractivity contribution is 6.46. The molecule has 186 valence electrons. The third-order valence-corrected chi connectivity index (χ3v) is 7.30. The standard InChI is InChI=1S/C29H36N2O4/c1-18(2)23-17-20(13-16-24(23)35-5)27(32)25-26(19-11-14-21(15-12-19)30(3)4)31(29(34)28(25)33)22-9-7-6-8-10-22/h11-18,22,26,32H,6-10H2,1-5H3/b27-25-. The highest BCUT2D eigenvalue weighted by Crippen LogP contribution is 2.43. The summed E-state index contributed by atoms with van der Waals surface area (Å²) in [5.41, 5.74) is 3.48. The first-order valence-corrected chi connectivity index (χ1v) is 12.5. The Balaban J connectivity index is 1.87. The number of ketones is 1. The van der Waals surface area contributed by atoms with Crippen molar-refractivity contribution in [1.29, 1.82) is 0 Å². The molecular formula is C29H36N2O4. The van der Waals surface area contributed by atoms with Crippen LogP contribution < -0.4 is 9.64 Å². The van der Waals surface area contributed by atoms with E-state index in [0.29, 0.717) is 5.56 Å². The maximum Gasteiger partial charge on any atom is 0.295 e. The Labute approximate surface area is 208 Å². The molecule has 2 aliphatic rings. The van der Waals surface area contributed by atoms with Crippen LogP contribution in [-0.2, 0) is 9.59 Å². The summed E-state index contributed by atoms with van der Waals surface area (Å²) in [5.74, 6) is -0.367. The van der Waals surface area contributed by atoms with Crippen molar-refractivity contribution in [1.82, 2.24) is 4.90 Å². The number of carbonyl (C=O) groups is 2. The minimum atomic E-state index is -0.614. The number of nitrogens with zero attached hydrogens (tertiary/aromatic N) is 2. The van der Waals surface area contributed by atoms with Gasteiger partial charge < -0.3 is 19.6 Å². The fourth-order valence-electron chi connectivity index (χ4n) is 5.36. The Morgan fingerprint density at radius 2 is 1.69 bits per heavy atom. The number of hydrogen-bond acceptors (Lipinski definition) is 5. The first kappa shape index (κ1) is 24.8. The molecule has 1 amide bonds. The number of rotatable bonds is 6. The van der Waals surface area contributed by atoms with Crippen molar-refractivity contribution in [2.45, 2.75) is 64.0 Å². The smallest absolute Gasteiger partial charge is 0.295 e. The van der Waals surface area contributed by atoms with Crippen molar-refractivity contribution in [3.8, 4) is 5.75 Å². The third kappa shape index (κ3) is 4.66. The van der Waals surface area contributed by atoms with E-state index < -0.39 is 17.7 Å². The average Bonchev–Trinajstić information content (AvgIpc) is 3.13. The molecule has 6 nitrogen and oxygen atoms in total. The van der Waals surface area contributed by atoms with E-state index in [-0.39, 0.29) is 23.3 Å². The van der Waals surface area contributed by atoms with Gasteiger partial charge in [-0.2, -0.15) is 0 Å². The molecule has 1 aliphatic heterocycles. The normalized spacial score (nSPS) is 20.5. The molecule has 0 spiro atoms. The maximum atomic E-state index is 13.4. The molecule has 1 N–H and O–H groups in total. The number of benzene rings is 2. The topological polar surface area (TPSA) is 70.1 Å². The number of hydrogen-bond donors (Lipinski definition) is 1. The first-order valence-electron chi connectivity index (χ1n) is 12.5. The second-order valence-corrected chi connectivity index (χ2v) is 10.1. The van der Waals surface area contributed by atoms with Gasteiger partial charge in [-0.1, -0.05) is 45.2 Å². The zero-order valence-corrected chi connectivity index (χ0v) is 21.4. The minimum absolute atomic E-state index is 0.00822. The molecule has 2 aromatic rings. The molecule has 35 heavy (non-hydrogen) atoms. The Hall–Kier alpha value is -3.28. The summed E-state index contributed by atoms with van der Waals surface area (Å²) in [6.45, 7) is 4.10. The second-order valence-electron chi connectivity index (χ2n) is 10.1. The quantitative estimate of drug-likeness (QED) is 0.332. The molecule has 1 saturated heterocycles. The van der Waals surface area contributed by atoms with Crippen LogP contribution in [0.5, 0.6) is 5.75 Å². The Morgan fingerprint density at radius 1 is 1.03 bits per heavy atom. The largest absolute Gasteiger partial charge is 0.507 e. The van der Waals surface area contributed by atoms with Gasteiger partial charge in [0.2, 0.25) is 0 Å². The van der Waals surface area contributed by atoms with Gasteiger partial charge in [-0.25, -0.2) is 0 Å². The molecule has 1 unspecified atom stereocenters. The van der Waals surface area contributed by atoms with Gasteiger partial charge in [-0.15, -0.1) is 0 Å². The van der Waals surface area contributed by atoms with Crippen molar-refractivity contribution in [2.75, 3.05) is 26.1 Å². The lowest BCUT2D eigenvalue weighted by Crippen LogP contribution is -2.40. The van der Waals surface area contributed by atoms with E-state index in [1.807, 2.05) is 55.4 Å². The summed E-state index contributed by atoms with van der Waals surface area (Å²) in [6.07, 6.45) is 4.97. The van der Waals surface area contributed by atoms with E-state index in [1.165, 1.54) is 0 Å². The van der Waals surface area contributed by atoms with Crippen LogP contribution in [0.25, 0.3) is 5.76 Å². The number of amides is 1. The summed E-state index contributed by atoms with van der Waals surface area (Å²) in [6, 6.07) is 12.7. The van der Waals surface area contributed by atoms with Gasteiger partial charge in [0.15, 0.2) is 0 Å². The maximum absolute atomic E-state index is 13.4. The van der Waals surface area contributed by atoms with Gasteiger partial charge in [0.1, 0.15) is 11.5 Å². The molecule has 4 rings (SSSR count). The molecule has 0 aromatic heterocycles. The van der Waals surface area contributed by atoms with E-state index in [9.17, 15) is 14.7 Å². The Kier molecular flexibility index (Phi) is 7.20. The fourth-order valence-corrected chi connectivity index (χ4v) is 5.36. The molecule has 0 bridgehead atoms. The van der Waals surface area contributed by atoms with Gasteiger partial charge >= 0.3 is 0 Å². The van der Waals surface area contributed by atoms with Crippen LogP contribution >= 0.6 is 0 Å².